The molecule has 2 N–H and O–H groups in total. The summed E-state index contributed by atoms with van der Waals surface area (Å²) in [6.45, 7) is 1.87. The van der Waals surface area contributed by atoms with Crippen molar-refractivity contribution in [3.8, 4) is 5.75 Å². The van der Waals surface area contributed by atoms with Gasteiger partial charge < -0.3 is 10.1 Å². The molecule has 0 spiro atoms. The first-order chi connectivity index (χ1) is 13.2. The molecular formula is C22H21N3O2. The third-order valence-corrected chi connectivity index (χ3v) is 3.87. The van der Waals surface area contributed by atoms with E-state index < -0.39 is 0 Å². The third kappa shape index (κ3) is 5.44. The first-order valence-corrected chi connectivity index (χ1v) is 8.64. The Kier molecular flexibility index (Phi) is 6.20. The van der Waals surface area contributed by atoms with Crippen LogP contribution in [0.5, 0.6) is 5.75 Å². The number of amides is 1. The molecule has 0 radical (unpaired) electrons. The van der Waals surface area contributed by atoms with Crippen molar-refractivity contribution in [3.05, 3.63) is 90.0 Å². The lowest BCUT2D eigenvalue weighted by molar-refractivity contribution is -0.118. The van der Waals surface area contributed by atoms with Crippen LogP contribution in [0.25, 0.3) is 0 Å². The van der Waals surface area contributed by atoms with Gasteiger partial charge in [0.15, 0.2) is 6.61 Å². The van der Waals surface area contributed by atoms with Gasteiger partial charge in [-0.25, -0.2) is 0 Å². The van der Waals surface area contributed by atoms with Crippen LogP contribution >= 0.6 is 0 Å². The van der Waals surface area contributed by atoms with Crippen molar-refractivity contribution in [1.29, 1.82) is 0 Å². The Morgan fingerprint density at radius 2 is 1.67 bits per heavy atom. The predicted molar refractivity (Wildman–Crippen MR) is 109 cm³/mol. The first-order valence-electron chi connectivity index (χ1n) is 8.64. The van der Waals surface area contributed by atoms with Gasteiger partial charge in [0.2, 0.25) is 0 Å². The molecule has 5 nitrogen and oxygen atoms in total. The van der Waals surface area contributed by atoms with E-state index in [1.54, 1.807) is 6.21 Å². The van der Waals surface area contributed by atoms with Crippen molar-refractivity contribution in [2.75, 3.05) is 17.3 Å². The number of rotatable bonds is 7. The Labute approximate surface area is 158 Å². The zero-order valence-corrected chi connectivity index (χ0v) is 15.1. The second-order valence-electron chi connectivity index (χ2n) is 5.93. The SMILES string of the molecule is Cc1ccccc1NC(=O)COc1ccccc1C=NNc1ccccc1. The van der Waals surface area contributed by atoms with Gasteiger partial charge >= 0.3 is 0 Å². The van der Waals surface area contributed by atoms with Crippen LogP contribution in [0.2, 0.25) is 0 Å². The van der Waals surface area contributed by atoms with Gasteiger partial charge in [0.05, 0.1) is 11.9 Å². The van der Waals surface area contributed by atoms with Gasteiger partial charge in [-0.2, -0.15) is 5.10 Å². The van der Waals surface area contributed by atoms with Crippen LogP contribution in [0.4, 0.5) is 11.4 Å². The predicted octanol–water partition coefficient (Wildman–Crippen LogP) is 4.46. The second kappa shape index (κ2) is 9.20. The number of anilines is 2. The highest BCUT2D eigenvalue weighted by atomic mass is 16.5. The molecule has 0 fully saturated rings. The van der Waals surface area contributed by atoms with Gasteiger partial charge in [-0.15, -0.1) is 0 Å². The normalized spacial score (nSPS) is 10.6. The van der Waals surface area contributed by atoms with E-state index in [9.17, 15) is 4.79 Å². The minimum absolute atomic E-state index is 0.0781. The molecule has 0 aliphatic carbocycles. The summed E-state index contributed by atoms with van der Waals surface area (Å²) < 4.78 is 5.68. The molecule has 0 bridgehead atoms. The molecule has 0 atom stereocenters. The van der Waals surface area contributed by atoms with Gasteiger partial charge in [-0.1, -0.05) is 48.5 Å². The maximum Gasteiger partial charge on any atom is 0.262 e. The average Bonchev–Trinajstić information content (AvgIpc) is 2.70. The van der Waals surface area contributed by atoms with Crippen LogP contribution in [-0.4, -0.2) is 18.7 Å². The standard InChI is InChI=1S/C22H21N3O2/c1-17-9-5-7-13-20(17)24-22(26)16-27-21-14-8-6-10-18(21)15-23-25-19-11-3-2-4-12-19/h2-15,25H,16H2,1H3,(H,24,26). The molecular weight excluding hydrogens is 338 g/mol. The molecule has 136 valence electrons. The highest BCUT2D eigenvalue weighted by molar-refractivity contribution is 5.92. The summed E-state index contributed by atoms with van der Waals surface area (Å²) in [5.74, 6) is 0.384. The summed E-state index contributed by atoms with van der Waals surface area (Å²) >= 11 is 0. The number of benzene rings is 3. The zero-order valence-electron chi connectivity index (χ0n) is 15.1. The number of nitrogens with zero attached hydrogens (tertiary/aromatic N) is 1. The van der Waals surface area contributed by atoms with E-state index in [1.165, 1.54) is 0 Å². The van der Waals surface area contributed by atoms with Crippen LogP contribution in [0.1, 0.15) is 11.1 Å². The minimum atomic E-state index is -0.210. The molecule has 0 aromatic heterocycles. The highest BCUT2D eigenvalue weighted by Gasteiger charge is 2.07. The largest absolute Gasteiger partial charge is 0.483 e. The summed E-state index contributed by atoms with van der Waals surface area (Å²) in [4.78, 5) is 12.2. The third-order valence-electron chi connectivity index (χ3n) is 3.87. The lowest BCUT2D eigenvalue weighted by Crippen LogP contribution is -2.21. The summed E-state index contributed by atoms with van der Waals surface area (Å²) in [7, 11) is 0. The molecule has 0 saturated heterocycles. The molecule has 0 unspecified atom stereocenters. The Morgan fingerprint density at radius 3 is 2.48 bits per heavy atom. The highest BCUT2D eigenvalue weighted by Crippen LogP contribution is 2.17. The summed E-state index contributed by atoms with van der Waals surface area (Å²) in [6.07, 6.45) is 1.67. The van der Waals surface area contributed by atoms with Crippen molar-refractivity contribution in [2.45, 2.75) is 6.92 Å². The lowest BCUT2D eigenvalue weighted by atomic mass is 10.2. The van der Waals surface area contributed by atoms with E-state index in [1.807, 2.05) is 85.8 Å². The monoisotopic (exact) mass is 359 g/mol. The molecule has 27 heavy (non-hydrogen) atoms. The van der Waals surface area contributed by atoms with Crippen LogP contribution in [-0.2, 0) is 4.79 Å². The fraction of sp³-hybridized carbons (Fsp3) is 0.0909. The molecule has 0 aliphatic rings. The number of ether oxygens (including phenoxy) is 1. The van der Waals surface area contributed by atoms with Crippen LogP contribution < -0.4 is 15.5 Å². The molecule has 3 aromatic carbocycles. The summed E-state index contributed by atoms with van der Waals surface area (Å²) in [5.41, 5.74) is 6.42. The number of hydrazone groups is 1. The van der Waals surface area contributed by atoms with Gasteiger partial charge in [-0.05, 0) is 42.8 Å². The molecule has 0 heterocycles. The van der Waals surface area contributed by atoms with E-state index in [2.05, 4.69) is 15.8 Å². The molecule has 0 aliphatic heterocycles. The Bertz CT molecular complexity index is 924. The lowest BCUT2D eigenvalue weighted by Gasteiger charge is -2.11. The van der Waals surface area contributed by atoms with Crippen molar-refractivity contribution in [1.82, 2.24) is 0 Å². The Balaban J connectivity index is 1.59. The quantitative estimate of drug-likeness (QED) is 0.484. The molecule has 0 saturated carbocycles. The topological polar surface area (TPSA) is 62.7 Å². The van der Waals surface area contributed by atoms with Crippen LogP contribution in [0.15, 0.2) is 84.0 Å². The Hall–Kier alpha value is -3.60. The van der Waals surface area contributed by atoms with Crippen molar-refractivity contribution < 1.29 is 9.53 Å². The average molecular weight is 359 g/mol. The molecule has 1 amide bonds. The number of carbonyl (C=O) groups is 1. The van der Waals surface area contributed by atoms with Gasteiger partial charge in [-0.3, -0.25) is 10.2 Å². The number of carbonyl (C=O) groups excluding carboxylic acids is 1. The Morgan fingerprint density at radius 1 is 0.963 bits per heavy atom. The van der Waals surface area contributed by atoms with Crippen molar-refractivity contribution in [2.24, 2.45) is 5.10 Å². The van der Waals surface area contributed by atoms with Crippen LogP contribution in [0.3, 0.4) is 0 Å². The number of nitrogens with one attached hydrogen (secondary N) is 2. The first kappa shape index (κ1) is 18.2. The molecule has 3 aromatic rings. The minimum Gasteiger partial charge on any atom is -0.483 e. The van der Waals surface area contributed by atoms with Gasteiger partial charge in [0.25, 0.3) is 5.91 Å². The fourth-order valence-electron chi connectivity index (χ4n) is 2.45. The van der Waals surface area contributed by atoms with E-state index in [0.29, 0.717) is 5.75 Å². The maximum absolute atomic E-state index is 12.2. The van der Waals surface area contributed by atoms with E-state index in [-0.39, 0.29) is 12.5 Å². The smallest absolute Gasteiger partial charge is 0.262 e. The summed E-state index contributed by atoms with van der Waals surface area (Å²) in [6, 6.07) is 24.7. The van der Waals surface area contributed by atoms with E-state index in [4.69, 9.17) is 4.74 Å². The molecule has 3 rings (SSSR count). The fourth-order valence-corrected chi connectivity index (χ4v) is 2.45. The summed E-state index contributed by atoms with van der Waals surface area (Å²) in [5, 5.41) is 7.08. The molecule has 5 heteroatoms. The number of aryl methyl sites for hydroxylation is 1. The van der Waals surface area contributed by atoms with Crippen molar-refractivity contribution >= 4 is 23.5 Å². The van der Waals surface area contributed by atoms with Gasteiger partial charge in [0.1, 0.15) is 5.75 Å². The number of para-hydroxylation sites is 3. The van der Waals surface area contributed by atoms with E-state index in [0.717, 1.165) is 22.5 Å². The van der Waals surface area contributed by atoms with Gasteiger partial charge in [0, 0.05) is 11.3 Å². The zero-order chi connectivity index (χ0) is 18.9. The second-order valence-corrected chi connectivity index (χ2v) is 5.93. The maximum atomic E-state index is 12.2. The number of hydrogen-bond donors (Lipinski definition) is 2. The number of hydrogen-bond acceptors (Lipinski definition) is 4. The van der Waals surface area contributed by atoms with Crippen molar-refractivity contribution in [3.63, 3.8) is 0 Å². The van der Waals surface area contributed by atoms with Crippen LogP contribution in [0, 0.1) is 6.92 Å². The van der Waals surface area contributed by atoms with E-state index >= 15 is 0 Å².